The Hall–Kier alpha value is -2.35. The molecule has 0 amide bonds. The van der Waals surface area contributed by atoms with Crippen LogP contribution in [0.1, 0.15) is 5.69 Å². The van der Waals surface area contributed by atoms with Crippen molar-refractivity contribution in [3.8, 4) is 0 Å². The van der Waals surface area contributed by atoms with Crippen LogP contribution in [0, 0.1) is 0 Å². The molecule has 0 unspecified atom stereocenters. The predicted octanol–water partition coefficient (Wildman–Crippen LogP) is 2.47. The van der Waals surface area contributed by atoms with Gasteiger partial charge in [-0.2, -0.15) is 0 Å². The maximum absolute atomic E-state index is 4.47. The highest BCUT2D eigenvalue weighted by atomic mass is 14.6. The van der Waals surface area contributed by atoms with E-state index >= 15 is 0 Å². The summed E-state index contributed by atoms with van der Waals surface area (Å²) in [5, 5.41) is 0. The number of pyridine rings is 1. The van der Waals surface area contributed by atoms with Crippen molar-refractivity contribution in [2.75, 3.05) is 0 Å². The maximum Gasteiger partial charge on any atom is 0.215 e. The zero-order valence-electron chi connectivity index (χ0n) is 11.3. The highest BCUT2D eigenvalue weighted by molar-refractivity contribution is 6.84. The van der Waals surface area contributed by atoms with E-state index < -0.39 is 0 Å². The monoisotopic (exact) mass is 257 g/mol. The van der Waals surface area contributed by atoms with E-state index in [-0.39, 0.29) is 0 Å². The van der Waals surface area contributed by atoms with E-state index in [0.29, 0.717) is 6.71 Å². The van der Waals surface area contributed by atoms with Crippen LogP contribution in [-0.4, -0.2) is 11.7 Å². The van der Waals surface area contributed by atoms with E-state index in [4.69, 9.17) is 0 Å². The zero-order chi connectivity index (χ0) is 13.6. The summed E-state index contributed by atoms with van der Waals surface area (Å²) < 4.78 is 0. The molecular formula is C18H16BN. The maximum atomic E-state index is 4.47. The molecule has 1 aromatic heterocycles. The van der Waals surface area contributed by atoms with Gasteiger partial charge in [-0.25, -0.2) is 0 Å². The molecule has 0 bridgehead atoms. The van der Waals surface area contributed by atoms with Crippen LogP contribution >= 0.6 is 0 Å². The zero-order valence-corrected chi connectivity index (χ0v) is 11.3. The van der Waals surface area contributed by atoms with Crippen LogP contribution < -0.4 is 10.9 Å². The van der Waals surface area contributed by atoms with E-state index in [2.05, 4.69) is 77.8 Å². The molecular weight excluding hydrogens is 241 g/mol. The third-order valence-electron chi connectivity index (χ3n) is 3.54. The van der Waals surface area contributed by atoms with E-state index in [1.807, 2.05) is 12.3 Å². The molecule has 96 valence electrons. The van der Waals surface area contributed by atoms with Gasteiger partial charge in [-0.05, 0) is 18.5 Å². The molecule has 0 saturated carbocycles. The lowest BCUT2D eigenvalue weighted by atomic mass is 9.38. The first-order chi connectivity index (χ1) is 9.93. The predicted molar refractivity (Wildman–Crippen MR) is 85.8 cm³/mol. The minimum absolute atomic E-state index is 0.354. The van der Waals surface area contributed by atoms with Crippen molar-refractivity contribution >= 4 is 17.6 Å². The third-order valence-corrected chi connectivity index (χ3v) is 3.54. The first kappa shape index (κ1) is 12.7. The van der Waals surface area contributed by atoms with Gasteiger partial charge in [0.1, 0.15) is 0 Å². The average molecular weight is 257 g/mol. The molecule has 2 heteroatoms. The van der Waals surface area contributed by atoms with Gasteiger partial charge in [0.2, 0.25) is 6.71 Å². The van der Waals surface area contributed by atoms with Crippen LogP contribution in [0.5, 0.6) is 0 Å². The minimum Gasteiger partial charge on any atom is -0.262 e. The second-order valence-corrected chi connectivity index (χ2v) is 4.90. The van der Waals surface area contributed by atoms with Crippen molar-refractivity contribution < 1.29 is 0 Å². The fourth-order valence-corrected chi connectivity index (χ4v) is 2.53. The van der Waals surface area contributed by atoms with Crippen molar-refractivity contribution in [2.24, 2.45) is 0 Å². The highest BCUT2D eigenvalue weighted by Crippen LogP contribution is 2.01. The molecule has 0 aliphatic rings. The van der Waals surface area contributed by atoms with Gasteiger partial charge in [0.25, 0.3) is 0 Å². The third kappa shape index (κ3) is 2.97. The SMILES string of the molecule is c1ccc(B(Cc2ccccn2)c2ccccc2)cc1. The summed E-state index contributed by atoms with van der Waals surface area (Å²) >= 11 is 0. The Morgan fingerprint density at radius 1 is 0.650 bits per heavy atom. The lowest BCUT2D eigenvalue weighted by molar-refractivity contribution is 1.16. The molecule has 3 rings (SSSR count). The molecule has 20 heavy (non-hydrogen) atoms. The molecule has 0 saturated heterocycles. The molecule has 3 aromatic rings. The molecule has 0 fully saturated rings. The Kier molecular flexibility index (Phi) is 3.93. The normalized spacial score (nSPS) is 10.2. The van der Waals surface area contributed by atoms with Crippen LogP contribution in [0.3, 0.4) is 0 Å². The van der Waals surface area contributed by atoms with Gasteiger partial charge in [0.05, 0.1) is 0 Å². The molecule has 1 nitrogen and oxygen atoms in total. The summed E-state index contributed by atoms with van der Waals surface area (Å²) in [6.45, 7) is 0.354. The average Bonchev–Trinajstić information content (AvgIpc) is 2.55. The van der Waals surface area contributed by atoms with Gasteiger partial charge in [-0.3, -0.25) is 4.98 Å². The van der Waals surface area contributed by atoms with Gasteiger partial charge >= 0.3 is 0 Å². The Morgan fingerprint density at radius 2 is 1.20 bits per heavy atom. The van der Waals surface area contributed by atoms with E-state index in [1.165, 1.54) is 10.9 Å². The van der Waals surface area contributed by atoms with Crippen LogP contribution in [0.15, 0.2) is 85.1 Å². The number of aromatic nitrogens is 1. The van der Waals surface area contributed by atoms with Crippen molar-refractivity contribution in [3.05, 3.63) is 90.8 Å². The summed E-state index contributed by atoms with van der Waals surface area (Å²) in [5.41, 5.74) is 3.80. The first-order valence-electron chi connectivity index (χ1n) is 6.93. The van der Waals surface area contributed by atoms with Gasteiger partial charge in [0, 0.05) is 11.9 Å². The largest absolute Gasteiger partial charge is 0.262 e. The number of nitrogens with zero attached hydrogens (tertiary/aromatic N) is 1. The van der Waals surface area contributed by atoms with E-state index in [9.17, 15) is 0 Å². The molecule has 0 spiro atoms. The molecule has 2 aromatic carbocycles. The summed E-state index contributed by atoms with van der Waals surface area (Å²) in [4.78, 5) is 4.47. The number of rotatable bonds is 4. The van der Waals surface area contributed by atoms with Gasteiger partial charge < -0.3 is 0 Å². The van der Waals surface area contributed by atoms with Crippen molar-refractivity contribution in [3.63, 3.8) is 0 Å². The van der Waals surface area contributed by atoms with Crippen molar-refractivity contribution in [1.82, 2.24) is 4.98 Å². The minimum atomic E-state index is 0.354. The van der Waals surface area contributed by atoms with Crippen molar-refractivity contribution in [1.29, 1.82) is 0 Å². The van der Waals surface area contributed by atoms with Gasteiger partial charge in [-0.1, -0.05) is 77.7 Å². The molecule has 0 N–H and O–H groups in total. The van der Waals surface area contributed by atoms with Crippen LogP contribution in [0.4, 0.5) is 0 Å². The molecule has 0 radical (unpaired) electrons. The summed E-state index contributed by atoms with van der Waals surface area (Å²) in [6, 6.07) is 27.4. The number of hydrogen-bond donors (Lipinski definition) is 0. The Balaban J connectivity index is 1.96. The topological polar surface area (TPSA) is 12.9 Å². The summed E-state index contributed by atoms with van der Waals surface area (Å²) in [7, 11) is 0. The fraction of sp³-hybridized carbons (Fsp3) is 0.0556. The van der Waals surface area contributed by atoms with E-state index in [0.717, 1.165) is 12.0 Å². The molecule has 0 atom stereocenters. The second-order valence-electron chi connectivity index (χ2n) is 4.90. The first-order valence-corrected chi connectivity index (χ1v) is 6.93. The highest BCUT2D eigenvalue weighted by Gasteiger charge is 2.19. The smallest absolute Gasteiger partial charge is 0.215 e. The summed E-state index contributed by atoms with van der Waals surface area (Å²) in [6.07, 6.45) is 2.79. The lowest BCUT2D eigenvalue weighted by Gasteiger charge is -2.14. The van der Waals surface area contributed by atoms with Gasteiger partial charge in [0.15, 0.2) is 0 Å². The Morgan fingerprint density at radius 3 is 1.70 bits per heavy atom. The second kappa shape index (κ2) is 6.20. The van der Waals surface area contributed by atoms with Crippen LogP contribution in [-0.2, 0) is 6.32 Å². The lowest BCUT2D eigenvalue weighted by Crippen LogP contribution is -2.44. The number of hydrogen-bond acceptors (Lipinski definition) is 1. The number of benzene rings is 2. The summed E-state index contributed by atoms with van der Waals surface area (Å²) in [5.74, 6) is 0. The van der Waals surface area contributed by atoms with Gasteiger partial charge in [-0.15, -0.1) is 0 Å². The Labute approximate surface area is 120 Å². The van der Waals surface area contributed by atoms with E-state index in [1.54, 1.807) is 0 Å². The molecule has 0 aliphatic carbocycles. The van der Waals surface area contributed by atoms with Crippen LogP contribution in [0.25, 0.3) is 0 Å². The Bertz CT molecular complexity index is 599. The fourth-order valence-electron chi connectivity index (χ4n) is 2.53. The molecule has 1 heterocycles. The quantitative estimate of drug-likeness (QED) is 0.654. The molecule has 0 aliphatic heterocycles. The van der Waals surface area contributed by atoms with Crippen LogP contribution in [0.2, 0.25) is 0 Å². The van der Waals surface area contributed by atoms with Crippen molar-refractivity contribution in [2.45, 2.75) is 6.32 Å². The standard InChI is InChI=1S/C18H16BN/c1-3-9-16(10-4-1)19(17-11-5-2-6-12-17)15-18-13-7-8-14-20-18/h1-14H,15H2.